The molecule has 0 bridgehead atoms. The molecule has 0 atom stereocenters. The number of aromatic nitrogens is 3. The summed E-state index contributed by atoms with van der Waals surface area (Å²) in [6.45, 7) is 11.1. The van der Waals surface area contributed by atoms with Crippen molar-refractivity contribution in [1.29, 1.82) is 0 Å². The molecule has 0 unspecified atom stereocenters. The number of H-pyrrole nitrogens is 1. The molecule has 0 radical (unpaired) electrons. The highest BCUT2D eigenvalue weighted by Crippen LogP contribution is 2.24. The Morgan fingerprint density at radius 2 is 2.06 bits per heavy atom. The molecule has 2 aromatic rings. The zero-order valence-corrected chi connectivity index (χ0v) is 12.3. The van der Waals surface area contributed by atoms with E-state index < -0.39 is 0 Å². The predicted molar refractivity (Wildman–Crippen MR) is 73.4 cm³/mol. The van der Waals surface area contributed by atoms with Gasteiger partial charge >= 0.3 is 0 Å². The predicted octanol–water partition coefficient (Wildman–Crippen LogP) is 3.50. The maximum absolute atomic E-state index is 5.36. The normalized spacial score (nSPS) is 12.1. The van der Waals surface area contributed by atoms with Crippen LogP contribution in [-0.4, -0.2) is 14.7 Å². The van der Waals surface area contributed by atoms with E-state index in [-0.39, 0.29) is 5.41 Å². The lowest BCUT2D eigenvalue weighted by Crippen LogP contribution is -2.18. The summed E-state index contributed by atoms with van der Waals surface area (Å²) >= 11 is 5.36. The Morgan fingerprint density at radius 3 is 2.56 bits per heavy atom. The van der Waals surface area contributed by atoms with Crippen LogP contribution in [0.2, 0.25) is 0 Å². The number of rotatable bonds is 2. The van der Waals surface area contributed by atoms with Gasteiger partial charge in [-0.1, -0.05) is 25.9 Å². The van der Waals surface area contributed by atoms with E-state index in [0.29, 0.717) is 6.54 Å². The second-order valence-electron chi connectivity index (χ2n) is 5.62. The average molecular weight is 265 g/mol. The highest BCUT2D eigenvalue weighted by molar-refractivity contribution is 7.71. The monoisotopic (exact) mass is 265 g/mol. The van der Waals surface area contributed by atoms with Crippen molar-refractivity contribution in [1.82, 2.24) is 14.7 Å². The molecule has 0 saturated heterocycles. The highest BCUT2D eigenvalue weighted by atomic mass is 32.1. The van der Waals surface area contributed by atoms with Crippen molar-refractivity contribution in [3.8, 4) is 0 Å². The van der Waals surface area contributed by atoms with Crippen LogP contribution in [0, 0.1) is 18.6 Å². The minimum atomic E-state index is 0.0481. The van der Waals surface area contributed by atoms with Crippen LogP contribution in [0.4, 0.5) is 0 Å². The van der Waals surface area contributed by atoms with Crippen molar-refractivity contribution in [3.63, 3.8) is 0 Å². The fraction of sp³-hybridized carbons (Fsp3) is 0.538. The van der Waals surface area contributed by atoms with E-state index in [2.05, 4.69) is 35.5 Å². The van der Waals surface area contributed by atoms with Crippen LogP contribution in [0.3, 0.4) is 0 Å². The SMILES string of the molecule is Cc1noc(C)c1Cn1c(C(C)(C)C)c[nH]c1=S. The molecule has 0 saturated carbocycles. The van der Waals surface area contributed by atoms with Gasteiger partial charge in [-0.05, 0) is 26.1 Å². The molecular weight excluding hydrogens is 246 g/mol. The third-order valence-corrected chi connectivity index (χ3v) is 3.47. The summed E-state index contributed by atoms with van der Waals surface area (Å²) in [7, 11) is 0. The molecule has 2 rings (SSSR count). The van der Waals surface area contributed by atoms with Gasteiger partial charge in [-0.2, -0.15) is 0 Å². The van der Waals surface area contributed by atoms with Gasteiger partial charge in [-0.25, -0.2) is 0 Å². The Balaban J connectivity index is 2.47. The summed E-state index contributed by atoms with van der Waals surface area (Å²) in [5.41, 5.74) is 3.27. The van der Waals surface area contributed by atoms with Gasteiger partial charge in [0.25, 0.3) is 0 Å². The van der Waals surface area contributed by atoms with Gasteiger partial charge < -0.3 is 14.1 Å². The molecule has 2 aromatic heterocycles. The van der Waals surface area contributed by atoms with E-state index >= 15 is 0 Å². The summed E-state index contributed by atoms with van der Waals surface area (Å²) in [6, 6.07) is 0. The summed E-state index contributed by atoms with van der Waals surface area (Å²) in [5.74, 6) is 0.857. The number of hydrogen-bond donors (Lipinski definition) is 1. The standard InChI is InChI=1S/C13H19N3OS/c1-8-10(9(2)17-15-8)7-16-11(13(3,4)5)6-14-12(16)18/h6H,7H2,1-5H3,(H,14,18). The summed E-state index contributed by atoms with van der Waals surface area (Å²) < 4.78 is 8.05. The topological polar surface area (TPSA) is 46.8 Å². The van der Waals surface area contributed by atoms with Crippen molar-refractivity contribution < 1.29 is 4.52 Å². The number of nitrogens with zero attached hydrogens (tertiary/aromatic N) is 2. The maximum atomic E-state index is 5.36. The van der Waals surface area contributed by atoms with Crippen LogP contribution in [-0.2, 0) is 12.0 Å². The summed E-state index contributed by atoms with van der Waals surface area (Å²) in [5, 5.41) is 3.99. The Kier molecular flexibility index (Phi) is 3.19. The maximum Gasteiger partial charge on any atom is 0.177 e. The molecule has 0 aliphatic rings. The molecule has 2 heterocycles. The quantitative estimate of drug-likeness (QED) is 0.845. The average Bonchev–Trinajstić information content (AvgIpc) is 2.76. The first-order valence-electron chi connectivity index (χ1n) is 6.01. The van der Waals surface area contributed by atoms with Gasteiger partial charge in [-0.3, -0.25) is 0 Å². The van der Waals surface area contributed by atoms with Crippen LogP contribution in [0.5, 0.6) is 0 Å². The molecular formula is C13H19N3OS. The van der Waals surface area contributed by atoms with E-state index in [1.807, 2.05) is 20.0 Å². The van der Waals surface area contributed by atoms with Gasteiger partial charge in [0.15, 0.2) is 4.77 Å². The molecule has 18 heavy (non-hydrogen) atoms. The van der Waals surface area contributed by atoms with Crippen LogP contribution < -0.4 is 0 Å². The van der Waals surface area contributed by atoms with Crippen molar-refractivity contribution >= 4 is 12.2 Å². The van der Waals surface area contributed by atoms with Crippen LogP contribution in [0.15, 0.2) is 10.7 Å². The Bertz CT molecular complexity index is 593. The highest BCUT2D eigenvalue weighted by Gasteiger charge is 2.21. The molecule has 0 amide bonds. The molecule has 4 nitrogen and oxygen atoms in total. The fourth-order valence-electron chi connectivity index (χ4n) is 2.06. The van der Waals surface area contributed by atoms with Crippen LogP contribution in [0.25, 0.3) is 0 Å². The van der Waals surface area contributed by atoms with E-state index in [1.165, 1.54) is 5.69 Å². The van der Waals surface area contributed by atoms with Crippen molar-refractivity contribution in [2.45, 2.75) is 46.6 Å². The Morgan fingerprint density at radius 1 is 1.39 bits per heavy atom. The molecule has 0 fully saturated rings. The lowest BCUT2D eigenvalue weighted by Gasteiger charge is -2.20. The fourth-order valence-corrected chi connectivity index (χ4v) is 2.28. The van der Waals surface area contributed by atoms with Gasteiger partial charge in [0.05, 0.1) is 12.2 Å². The van der Waals surface area contributed by atoms with Gasteiger partial charge in [0, 0.05) is 22.9 Å². The van der Waals surface area contributed by atoms with Gasteiger partial charge in [-0.15, -0.1) is 0 Å². The van der Waals surface area contributed by atoms with E-state index in [0.717, 1.165) is 21.8 Å². The first-order chi connectivity index (χ1) is 8.30. The van der Waals surface area contributed by atoms with Crippen molar-refractivity contribution in [2.75, 3.05) is 0 Å². The molecule has 0 aliphatic carbocycles. The molecule has 5 heteroatoms. The lowest BCUT2D eigenvalue weighted by atomic mass is 9.92. The second-order valence-corrected chi connectivity index (χ2v) is 6.00. The molecule has 98 valence electrons. The molecule has 0 aromatic carbocycles. The Hall–Kier alpha value is -1.36. The summed E-state index contributed by atoms with van der Waals surface area (Å²) in [6.07, 6.45) is 1.99. The summed E-state index contributed by atoms with van der Waals surface area (Å²) in [4.78, 5) is 3.12. The first-order valence-corrected chi connectivity index (χ1v) is 6.42. The van der Waals surface area contributed by atoms with Gasteiger partial charge in [0.1, 0.15) is 5.76 Å². The van der Waals surface area contributed by atoms with Gasteiger partial charge in [0.2, 0.25) is 0 Å². The molecule has 0 spiro atoms. The first kappa shape index (κ1) is 13.1. The third kappa shape index (κ3) is 2.27. The number of hydrogen-bond acceptors (Lipinski definition) is 3. The van der Waals surface area contributed by atoms with E-state index in [1.54, 1.807) is 0 Å². The Labute approximate surface area is 112 Å². The van der Waals surface area contributed by atoms with E-state index in [4.69, 9.17) is 16.7 Å². The second kappa shape index (κ2) is 4.39. The van der Waals surface area contributed by atoms with Crippen molar-refractivity contribution in [3.05, 3.63) is 33.7 Å². The molecule has 1 N–H and O–H groups in total. The van der Waals surface area contributed by atoms with E-state index in [9.17, 15) is 0 Å². The zero-order chi connectivity index (χ0) is 13.5. The van der Waals surface area contributed by atoms with Crippen molar-refractivity contribution in [2.24, 2.45) is 0 Å². The number of aromatic amines is 1. The van der Waals surface area contributed by atoms with Crippen LogP contribution >= 0.6 is 12.2 Å². The third-order valence-electron chi connectivity index (χ3n) is 3.13. The number of imidazole rings is 1. The minimum absolute atomic E-state index is 0.0481. The lowest BCUT2D eigenvalue weighted by molar-refractivity contribution is 0.391. The molecule has 0 aliphatic heterocycles. The minimum Gasteiger partial charge on any atom is -0.361 e. The van der Waals surface area contributed by atoms with Crippen LogP contribution in [0.1, 0.15) is 43.5 Å². The number of aryl methyl sites for hydroxylation is 2. The smallest absolute Gasteiger partial charge is 0.177 e. The zero-order valence-electron chi connectivity index (χ0n) is 11.5. The number of nitrogens with one attached hydrogen (secondary N) is 1. The largest absolute Gasteiger partial charge is 0.361 e.